The summed E-state index contributed by atoms with van der Waals surface area (Å²) in [6, 6.07) is 5.33. The Morgan fingerprint density at radius 1 is 1.37 bits per heavy atom. The summed E-state index contributed by atoms with van der Waals surface area (Å²) in [4.78, 5) is 24.4. The number of phenols is 1. The number of hydrogen-bond donors (Lipinski definition) is 3. The highest BCUT2D eigenvalue weighted by Crippen LogP contribution is 2.37. The molecule has 1 aromatic carbocycles. The zero-order valence-electron chi connectivity index (χ0n) is 10.3. The maximum Gasteiger partial charge on any atom is 0.326 e. The number of likely N-dealkylation sites (tertiary alicyclic amines) is 1. The van der Waals surface area contributed by atoms with Crippen LogP contribution in [0.3, 0.4) is 0 Å². The molecular weight excluding hydrogens is 248 g/mol. The lowest BCUT2D eigenvalue weighted by Crippen LogP contribution is -2.44. The van der Waals surface area contributed by atoms with Gasteiger partial charge in [0.1, 0.15) is 11.8 Å². The van der Waals surface area contributed by atoms with Crippen LogP contribution in [0.2, 0.25) is 0 Å². The van der Waals surface area contributed by atoms with Crippen molar-refractivity contribution in [1.29, 1.82) is 0 Å². The fraction of sp³-hybridized carbons (Fsp3) is 0.385. The molecule has 1 heterocycles. The van der Waals surface area contributed by atoms with Gasteiger partial charge in [0.2, 0.25) is 5.91 Å². The summed E-state index contributed by atoms with van der Waals surface area (Å²) in [5.41, 5.74) is 6.08. The highest BCUT2D eigenvalue weighted by Gasteiger charge is 2.41. The van der Waals surface area contributed by atoms with Gasteiger partial charge >= 0.3 is 5.97 Å². The number of rotatable bonds is 3. The number of carbonyl (C=O) groups excluding carboxylic acids is 1. The molecule has 19 heavy (non-hydrogen) atoms. The largest absolute Gasteiger partial charge is 0.508 e. The molecule has 1 aliphatic rings. The lowest BCUT2D eigenvalue weighted by molar-refractivity contribution is -0.149. The van der Waals surface area contributed by atoms with E-state index in [9.17, 15) is 14.7 Å². The maximum atomic E-state index is 11.9. The molecule has 1 fully saturated rings. The average Bonchev–Trinajstić information content (AvgIpc) is 2.82. The van der Waals surface area contributed by atoms with Crippen LogP contribution in [0.4, 0.5) is 0 Å². The molecule has 0 saturated carbocycles. The van der Waals surface area contributed by atoms with E-state index in [1.807, 2.05) is 0 Å². The first-order valence-corrected chi connectivity index (χ1v) is 6.07. The second kappa shape index (κ2) is 5.27. The third kappa shape index (κ3) is 2.53. The monoisotopic (exact) mass is 264 g/mol. The number of benzene rings is 1. The molecule has 0 spiro atoms. The van der Waals surface area contributed by atoms with Crippen molar-refractivity contribution >= 4 is 11.9 Å². The Bertz CT molecular complexity index is 503. The standard InChI is InChI=1S/C13H16N2O4/c14-7-12(17)15-10(4-5-11(15)13(18)19)8-2-1-3-9(16)6-8/h1-3,6,10-11,16H,4-5,7,14H2,(H,18,19). The summed E-state index contributed by atoms with van der Waals surface area (Å²) in [6.07, 6.45) is 0.938. The molecule has 0 radical (unpaired) electrons. The molecule has 2 rings (SSSR count). The van der Waals surface area contributed by atoms with Gasteiger partial charge in [0, 0.05) is 0 Å². The van der Waals surface area contributed by atoms with E-state index in [1.165, 1.54) is 11.0 Å². The number of aromatic hydroxyl groups is 1. The van der Waals surface area contributed by atoms with Crippen molar-refractivity contribution in [3.8, 4) is 5.75 Å². The molecule has 6 heteroatoms. The summed E-state index contributed by atoms with van der Waals surface area (Å²) in [5, 5.41) is 18.6. The quantitative estimate of drug-likeness (QED) is 0.736. The van der Waals surface area contributed by atoms with E-state index in [4.69, 9.17) is 10.8 Å². The molecule has 1 aromatic rings. The van der Waals surface area contributed by atoms with E-state index in [-0.39, 0.29) is 18.3 Å². The smallest absolute Gasteiger partial charge is 0.326 e. The average molecular weight is 264 g/mol. The van der Waals surface area contributed by atoms with Gasteiger partial charge in [-0.15, -0.1) is 0 Å². The number of hydrogen-bond acceptors (Lipinski definition) is 4. The van der Waals surface area contributed by atoms with Crippen LogP contribution in [0.5, 0.6) is 5.75 Å². The number of nitrogens with two attached hydrogens (primary N) is 1. The molecule has 0 aliphatic carbocycles. The van der Waals surface area contributed by atoms with E-state index >= 15 is 0 Å². The van der Waals surface area contributed by atoms with Gasteiger partial charge in [0.25, 0.3) is 0 Å². The van der Waals surface area contributed by atoms with Crippen LogP contribution in [-0.2, 0) is 9.59 Å². The fourth-order valence-corrected chi connectivity index (χ4v) is 2.57. The summed E-state index contributed by atoms with van der Waals surface area (Å²) in [5.74, 6) is -1.32. The molecule has 4 N–H and O–H groups in total. The molecule has 1 amide bonds. The number of aliphatic carboxylic acids is 1. The Morgan fingerprint density at radius 3 is 2.68 bits per heavy atom. The van der Waals surface area contributed by atoms with Gasteiger partial charge in [-0.2, -0.15) is 0 Å². The zero-order valence-corrected chi connectivity index (χ0v) is 10.3. The third-order valence-corrected chi connectivity index (χ3v) is 3.39. The van der Waals surface area contributed by atoms with Gasteiger partial charge in [0.05, 0.1) is 12.6 Å². The predicted octanol–water partition coefficient (Wildman–Crippen LogP) is 0.468. The molecule has 0 aromatic heterocycles. The summed E-state index contributed by atoms with van der Waals surface area (Å²) in [7, 11) is 0. The Kier molecular flexibility index (Phi) is 3.71. The third-order valence-electron chi connectivity index (χ3n) is 3.39. The molecule has 2 atom stereocenters. The van der Waals surface area contributed by atoms with Crippen molar-refractivity contribution in [2.24, 2.45) is 5.73 Å². The number of amides is 1. The first kappa shape index (κ1) is 13.4. The van der Waals surface area contributed by atoms with Gasteiger partial charge in [-0.05, 0) is 30.5 Å². The lowest BCUT2D eigenvalue weighted by Gasteiger charge is -2.28. The topological polar surface area (TPSA) is 104 Å². The molecule has 1 saturated heterocycles. The van der Waals surface area contributed by atoms with Crippen molar-refractivity contribution in [3.05, 3.63) is 29.8 Å². The highest BCUT2D eigenvalue weighted by atomic mass is 16.4. The van der Waals surface area contributed by atoms with Crippen LogP contribution in [0.25, 0.3) is 0 Å². The van der Waals surface area contributed by atoms with Crippen molar-refractivity contribution in [3.63, 3.8) is 0 Å². The van der Waals surface area contributed by atoms with Crippen LogP contribution in [0.1, 0.15) is 24.4 Å². The lowest BCUT2D eigenvalue weighted by atomic mass is 10.0. The minimum atomic E-state index is -1.02. The first-order valence-electron chi connectivity index (χ1n) is 6.07. The highest BCUT2D eigenvalue weighted by molar-refractivity contribution is 5.85. The van der Waals surface area contributed by atoms with Gasteiger partial charge in [0.15, 0.2) is 0 Å². The number of carboxylic acid groups (broad SMARTS) is 1. The first-order chi connectivity index (χ1) is 9.04. The molecule has 2 unspecified atom stereocenters. The number of carboxylic acids is 1. The van der Waals surface area contributed by atoms with Crippen molar-refractivity contribution in [2.45, 2.75) is 24.9 Å². The number of nitrogens with zero attached hydrogens (tertiary/aromatic N) is 1. The summed E-state index contributed by atoms with van der Waals surface area (Å²) < 4.78 is 0. The van der Waals surface area contributed by atoms with E-state index in [0.29, 0.717) is 12.8 Å². The Labute approximate surface area is 110 Å². The van der Waals surface area contributed by atoms with Crippen molar-refractivity contribution in [1.82, 2.24) is 4.90 Å². The fourth-order valence-electron chi connectivity index (χ4n) is 2.57. The second-order valence-corrected chi connectivity index (χ2v) is 4.55. The molecule has 102 valence electrons. The minimum Gasteiger partial charge on any atom is -0.508 e. The van der Waals surface area contributed by atoms with E-state index in [1.54, 1.807) is 18.2 Å². The normalized spacial score (nSPS) is 22.5. The van der Waals surface area contributed by atoms with Crippen LogP contribution >= 0.6 is 0 Å². The Balaban J connectivity index is 2.34. The van der Waals surface area contributed by atoms with Crippen molar-refractivity contribution in [2.75, 3.05) is 6.54 Å². The molecular formula is C13H16N2O4. The maximum absolute atomic E-state index is 11.9. The zero-order chi connectivity index (χ0) is 14.0. The second-order valence-electron chi connectivity index (χ2n) is 4.55. The molecule has 0 bridgehead atoms. The van der Waals surface area contributed by atoms with Gasteiger partial charge < -0.3 is 20.8 Å². The number of carbonyl (C=O) groups is 2. The van der Waals surface area contributed by atoms with Crippen LogP contribution < -0.4 is 5.73 Å². The van der Waals surface area contributed by atoms with E-state index < -0.39 is 17.9 Å². The van der Waals surface area contributed by atoms with Crippen LogP contribution in [0.15, 0.2) is 24.3 Å². The van der Waals surface area contributed by atoms with Gasteiger partial charge in [-0.3, -0.25) is 4.79 Å². The van der Waals surface area contributed by atoms with Gasteiger partial charge in [-0.25, -0.2) is 4.79 Å². The Morgan fingerprint density at radius 2 is 2.11 bits per heavy atom. The van der Waals surface area contributed by atoms with Crippen molar-refractivity contribution < 1.29 is 19.8 Å². The minimum absolute atomic E-state index is 0.0939. The predicted molar refractivity (Wildman–Crippen MR) is 67.4 cm³/mol. The van der Waals surface area contributed by atoms with E-state index in [2.05, 4.69) is 0 Å². The summed E-state index contributed by atoms with van der Waals surface area (Å²) in [6.45, 7) is -0.223. The Hall–Kier alpha value is -2.08. The summed E-state index contributed by atoms with van der Waals surface area (Å²) >= 11 is 0. The van der Waals surface area contributed by atoms with E-state index in [0.717, 1.165) is 5.56 Å². The molecule has 6 nitrogen and oxygen atoms in total. The number of phenolic OH excluding ortho intramolecular Hbond substituents is 1. The van der Waals surface area contributed by atoms with Crippen LogP contribution in [0, 0.1) is 0 Å². The SMILES string of the molecule is NCC(=O)N1C(C(=O)O)CCC1c1cccc(O)c1. The van der Waals surface area contributed by atoms with Gasteiger partial charge in [-0.1, -0.05) is 12.1 Å². The van der Waals surface area contributed by atoms with Crippen LogP contribution in [-0.4, -0.2) is 39.6 Å². The molecule has 1 aliphatic heterocycles.